The summed E-state index contributed by atoms with van der Waals surface area (Å²) in [6.45, 7) is 7.65. The van der Waals surface area contributed by atoms with E-state index in [4.69, 9.17) is 0 Å². The number of anilines is 1. The number of nitrogens with zero attached hydrogens (tertiary/aromatic N) is 2. The van der Waals surface area contributed by atoms with Crippen molar-refractivity contribution in [3.05, 3.63) is 65.2 Å². The number of hydrogen-bond acceptors (Lipinski definition) is 4. The lowest BCUT2D eigenvalue weighted by Gasteiger charge is -2.33. The Labute approximate surface area is 222 Å². The van der Waals surface area contributed by atoms with Gasteiger partial charge in [-0.3, -0.25) is 13.9 Å². The monoisotopic (exact) mass is 527 g/mol. The summed E-state index contributed by atoms with van der Waals surface area (Å²) < 4.78 is 26.6. The first-order valence-corrected chi connectivity index (χ1v) is 15.0. The Bertz CT molecular complexity index is 1170. The normalized spacial score (nSPS) is 15.3. The van der Waals surface area contributed by atoms with Crippen LogP contribution in [0.25, 0.3) is 0 Å². The van der Waals surface area contributed by atoms with E-state index < -0.39 is 22.0 Å². The molecule has 7 nitrogen and oxygen atoms in total. The molecule has 1 fully saturated rings. The molecule has 0 aliphatic heterocycles. The predicted molar refractivity (Wildman–Crippen MR) is 149 cm³/mol. The molecule has 1 aliphatic rings. The number of aryl methyl sites for hydroxylation is 1. The maximum absolute atomic E-state index is 13.7. The number of carbonyl (C=O) groups is 2. The van der Waals surface area contributed by atoms with Crippen molar-refractivity contribution in [2.45, 2.75) is 84.3 Å². The molecule has 0 unspecified atom stereocenters. The summed E-state index contributed by atoms with van der Waals surface area (Å²) in [5.41, 5.74) is 3.44. The van der Waals surface area contributed by atoms with Gasteiger partial charge in [-0.15, -0.1) is 0 Å². The zero-order valence-electron chi connectivity index (χ0n) is 22.7. The van der Waals surface area contributed by atoms with Crippen LogP contribution in [-0.4, -0.2) is 50.0 Å². The average Bonchev–Trinajstić information content (AvgIpc) is 2.85. The van der Waals surface area contributed by atoms with Gasteiger partial charge < -0.3 is 10.2 Å². The summed E-state index contributed by atoms with van der Waals surface area (Å²) >= 11 is 0. The van der Waals surface area contributed by atoms with Crippen LogP contribution < -0.4 is 9.62 Å². The SMILES string of the molecule is Cc1cccc(CN(C(=O)CN(c2ccc(C(C)C)cc2)S(C)(=O)=O)[C@H](C)C(=O)NC2CCCCC2)c1. The number of sulfonamides is 1. The number of carbonyl (C=O) groups excluding carboxylic acids is 2. The minimum atomic E-state index is -3.74. The molecule has 2 amide bonds. The molecule has 1 aliphatic carbocycles. The number of rotatable bonds is 10. The number of hydrogen-bond donors (Lipinski definition) is 1. The molecular formula is C29H41N3O4S. The largest absolute Gasteiger partial charge is 0.352 e. The van der Waals surface area contributed by atoms with Crippen molar-refractivity contribution in [2.24, 2.45) is 0 Å². The zero-order chi connectivity index (χ0) is 27.2. The van der Waals surface area contributed by atoms with Gasteiger partial charge in [0.25, 0.3) is 0 Å². The second-order valence-corrected chi connectivity index (χ2v) is 12.5. The van der Waals surface area contributed by atoms with Gasteiger partial charge >= 0.3 is 0 Å². The van der Waals surface area contributed by atoms with Crippen molar-refractivity contribution in [1.82, 2.24) is 10.2 Å². The van der Waals surface area contributed by atoms with Crippen LogP contribution in [0.4, 0.5) is 5.69 Å². The molecule has 0 saturated heterocycles. The van der Waals surface area contributed by atoms with Crippen molar-refractivity contribution in [3.8, 4) is 0 Å². The number of nitrogens with one attached hydrogen (secondary N) is 1. The Balaban J connectivity index is 1.87. The summed E-state index contributed by atoms with van der Waals surface area (Å²) in [5.74, 6) is -0.332. The van der Waals surface area contributed by atoms with E-state index in [1.54, 1.807) is 19.1 Å². The van der Waals surface area contributed by atoms with Crippen LogP contribution >= 0.6 is 0 Å². The van der Waals surface area contributed by atoms with Gasteiger partial charge in [0.1, 0.15) is 12.6 Å². The molecule has 0 radical (unpaired) electrons. The fourth-order valence-corrected chi connectivity index (χ4v) is 5.65. The van der Waals surface area contributed by atoms with E-state index in [2.05, 4.69) is 19.2 Å². The van der Waals surface area contributed by atoms with E-state index in [0.29, 0.717) is 11.6 Å². The second-order valence-electron chi connectivity index (χ2n) is 10.5. The first-order valence-electron chi connectivity index (χ1n) is 13.2. The smallest absolute Gasteiger partial charge is 0.244 e. The summed E-state index contributed by atoms with van der Waals surface area (Å²) in [6.07, 6.45) is 6.34. The highest BCUT2D eigenvalue weighted by Crippen LogP contribution is 2.23. The number of amides is 2. The van der Waals surface area contributed by atoms with E-state index in [1.807, 2.05) is 43.3 Å². The van der Waals surface area contributed by atoms with Crippen molar-refractivity contribution < 1.29 is 18.0 Å². The number of benzene rings is 2. The van der Waals surface area contributed by atoms with Crippen LogP contribution in [0, 0.1) is 6.92 Å². The Kier molecular flexibility index (Phi) is 9.76. The standard InChI is InChI=1S/C29H41N3O4S/c1-21(2)25-14-16-27(17-15-25)32(37(5,35)36)20-28(33)31(19-24-11-9-10-22(3)18-24)23(4)29(34)30-26-12-7-6-8-13-26/h9-11,14-18,21,23,26H,6-8,12-13,19-20H2,1-5H3,(H,30,34)/t23-/m1/s1. The summed E-state index contributed by atoms with van der Waals surface area (Å²) in [5, 5.41) is 3.12. The average molecular weight is 528 g/mol. The lowest BCUT2D eigenvalue weighted by Crippen LogP contribution is -2.52. The van der Waals surface area contributed by atoms with Gasteiger partial charge in [0.15, 0.2) is 0 Å². The molecule has 0 heterocycles. The fourth-order valence-electron chi connectivity index (χ4n) is 4.80. The Morgan fingerprint density at radius 2 is 1.65 bits per heavy atom. The lowest BCUT2D eigenvalue weighted by molar-refractivity contribution is -0.139. The van der Waals surface area contributed by atoms with Crippen LogP contribution in [0.3, 0.4) is 0 Å². The van der Waals surface area contributed by atoms with Gasteiger partial charge in [-0.2, -0.15) is 0 Å². The molecule has 2 aromatic carbocycles. The van der Waals surface area contributed by atoms with E-state index in [0.717, 1.165) is 52.9 Å². The molecule has 1 N–H and O–H groups in total. The van der Waals surface area contributed by atoms with Crippen LogP contribution in [0.15, 0.2) is 48.5 Å². The first kappa shape index (κ1) is 28.7. The molecule has 8 heteroatoms. The molecule has 0 spiro atoms. The van der Waals surface area contributed by atoms with Gasteiger partial charge in [0.2, 0.25) is 21.8 Å². The van der Waals surface area contributed by atoms with E-state index in [1.165, 1.54) is 11.3 Å². The van der Waals surface area contributed by atoms with Crippen LogP contribution in [-0.2, 0) is 26.2 Å². The van der Waals surface area contributed by atoms with Crippen molar-refractivity contribution in [2.75, 3.05) is 17.1 Å². The third-order valence-electron chi connectivity index (χ3n) is 7.08. The Hall–Kier alpha value is -2.87. The van der Waals surface area contributed by atoms with Crippen molar-refractivity contribution in [3.63, 3.8) is 0 Å². The second kappa shape index (κ2) is 12.6. The quantitative estimate of drug-likeness (QED) is 0.483. The fraction of sp³-hybridized carbons (Fsp3) is 0.517. The van der Waals surface area contributed by atoms with Crippen LogP contribution in [0.2, 0.25) is 0 Å². The lowest BCUT2D eigenvalue weighted by atomic mass is 9.95. The highest BCUT2D eigenvalue weighted by atomic mass is 32.2. The third kappa shape index (κ3) is 8.06. The molecule has 37 heavy (non-hydrogen) atoms. The zero-order valence-corrected chi connectivity index (χ0v) is 23.6. The maximum atomic E-state index is 13.7. The minimum absolute atomic E-state index is 0.117. The van der Waals surface area contributed by atoms with Crippen molar-refractivity contribution in [1.29, 1.82) is 0 Å². The van der Waals surface area contributed by atoms with Gasteiger partial charge in [0, 0.05) is 12.6 Å². The molecular weight excluding hydrogens is 486 g/mol. The molecule has 202 valence electrons. The highest BCUT2D eigenvalue weighted by Gasteiger charge is 2.31. The minimum Gasteiger partial charge on any atom is -0.352 e. The summed E-state index contributed by atoms with van der Waals surface area (Å²) in [6, 6.07) is 14.4. The topological polar surface area (TPSA) is 86.8 Å². The molecule has 0 bridgehead atoms. The molecule has 0 aromatic heterocycles. The third-order valence-corrected chi connectivity index (χ3v) is 8.22. The Morgan fingerprint density at radius 1 is 1.00 bits per heavy atom. The molecule has 1 saturated carbocycles. The van der Waals surface area contributed by atoms with Crippen LogP contribution in [0.1, 0.15) is 75.5 Å². The van der Waals surface area contributed by atoms with E-state index in [9.17, 15) is 18.0 Å². The summed E-state index contributed by atoms with van der Waals surface area (Å²) in [7, 11) is -3.74. The van der Waals surface area contributed by atoms with E-state index in [-0.39, 0.29) is 25.0 Å². The highest BCUT2D eigenvalue weighted by molar-refractivity contribution is 7.92. The molecule has 3 rings (SSSR count). The maximum Gasteiger partial charge on any atom is 0.244 e. The van der Waals surface area contributed by atoms with Gasteiger partial charge in [-0.05, 0) is 55.9 Å². The van der Waals surface area contributed by atoms with Crippen LogP contribution in [0.5, 0.6) is 0 Å². The molecule has 2 aromatic rings. The van der Waals surface area contributed by atoms with Crippen molar-refractivity contribution >= 4 is 27.5 Å². The van der Waals surface area contributed by atoms with E-state index >= 15 is 0 Å². The first-order chi connectivity index (χ1) is 17.5. The predicted octanol–water partition coefficient (Wildman–Crippen LogP) is 4.75. The van der Waals surface area contributed by atoms with Gasteiger partial charge in [-0.1, -0.05) is 75.1 Å². The van der Waals surface area contributed by atoms with Gasteiger partial charge in [-0.25, -0.2) is 8.42 Å². The Morgan fingerprint density at radius 3 is 2.22 bits per heavy atom. The molecule has 1 atom stereocenters. The van der Waals surface area contributed by atoms with Gasteiger partial charge in [0.05, 0.1) is 11.9 Å². The summed E-state index contributed by atoms with van der Waals surface area (Å²) in [4.78, 5) is 28.4.